The molecule has 0 saturated heterocycles. The molecule has 0 spiro atoms. The first-order valence-electron chi connectivity index (χ1n) is 12.0. The summed E-state index contributed by atoms with van der Waals surface area (Å²) in [7, 11) is -3.90. The van der Waals surface area contributed by atoms with Crippen molar-refractivity contribution in [3.63, 3.8) is 0 Å². The number of amides is 1. The van der Waals surface area contributed by atoms with Gasteiger partial charge >= 0.3 is 0 Å². The molecular formula is C30H28N2O3S. The van der Waals surface area contributed by atoms with Gasteiger partial charge in [-0.15, -0.1) is 0 Å². The van der Waals surface area contributed by atoms with Crippen LogP contribution in [0.3, 0.4) is 0 Å². The second-order valence-corrected chi connectivity index (χ2v) is 11.0. The van der Waals surface area contributed by atoms with Gasteiger partial charge in [0.2, 0.25) is 0 Å². The monoisotopic (exact) mass is 496 g/mol. The van der Waals surface area contributed by atoms with Gasteiger partial charge in [-0.05, 0) is 68.3 Å². The number of nitrogens with zero attached hydrogens (tertiary/aromatic N) is 2. The van der Waals surface area contributed by atoms with E-state index >= 15 is 0 Å². The fourth-order valence-corrected chi connectivity index (χ4v) is 6.56. The highest BCUT2D eigenvalue weighted by Gasteiger charge is 2.41. The van der Waals surface area contributed by atoms with Crippen molar-refractivity contribution in [1.29, 1.82) is 0 Å². The van der Waals surface area contributed by atoms with Gasteiger partial charge in [-0.1, -0.05) is 72.3 Å². The molecule has 1 aliphatic rings. The van der Waals surface area contributed by atoms with Crippen molar-refractivity contribution >= 4 is 27.3 Å². The number of rotatable bonds is 5. The molecular weight excluding hydrogens is 468 g/mol. The van der Waals surface area contributed by atoms with Gasteiger partial charge in [0.1, 0.15) is 0 Å². The summed E-state index contributed by atoms with van der Waals surface area (Å²) in [6, 6.07) is 32.2. The summed E-state index contributed by atoms with van der Waals surface area (Å²) in [6.07, 6.45) is 0.454. The SMILES string of the molecule is Cc1ccc(S(=O)(=O)N(c2ccccc2)C2CC(C)N(C(=O)c3ccccc3)c3ccccc32)cc1. The van der Waals surface area contributed by atoms with E-state index in [2.05, 4.69) is 0 Å². The molecule has 0 bridgehead atoms. The lowest BCUT2D eigenvalue weighted by atomic mass is 9.90. The van der Waals surface area contributed by atoms with Gasteiger partial charge in [0, 0.05) is 17.3 Å². The van der Waals surface area contributed by atoms with Gasteiger partial charge in [0.05, 0.1) is 16.6 Å². The number of hydrogen-bond acceptors (Lipinski definition) is 3. The van der Waals surface area contributed by atoms with E-state index in [1.54, 1.807) is 17.0 Å². The third-order valence-electron chi connectivity index (χ3n) is 6.67. The number of anilines is 2. The summed E-state index contributed by atoms with van der Waals surface area (Å²) in [5.74, 6) is -0.0957. The molecule has 0 saturated carbocycles. The number of aryl methyl sites for hydroxylation is 1. The first-order chi connectivity index (χ1) is 17.4. The number of benzene rings is 4. The highest BCUT2D eigenvalue weighted by molar-refractivity contribution is 7.92. The lowest BCUT2D eigenvalue weighted by Crippen LogP contribution is -2.47. The van der Waals surface area contributed by atoms with Crippen molar-refractivity contribution in [2.45, 2.75) is 37.2 Å². The van der Waals surface area contributed by atoms with Crippen molar-refractivity contribution in [1.82, 2.24) is 0 Å². The van der Waals surface area contributed by atoms with Crippen LogP contribution in [0.4, 0.5) is 11.4 Å². The van der Waals surface area contributed by atoms with E-state index in [9.17, 15) is 13.2 Å². The van der Waals surface area contributed by atoms with Crippen LogP contribution in [0.15, 0.2) is 114 Å². The Hall–Kier alpha value is -3.90. The Bertz CT molecular complexity index is 1470. The summed E-state index contributed by atoms with van der Waals surface area (Å²) in [5, 5.41) is 0. The normalized spacial score (nSPS) is 17.3. The number of hydrogen-bond donors (Lipinski definition) is 0. The Morgan fingerprint density at radius 1 is 0.806 bits per heavy atom. The molecule has 0 N–H and O–H groups in total. The van der Waals surface area contributed by atoms with Crippen molar-refractivity contribution in [3.05, 3.63) is 126 Å². The van der Waals surface area contributed by atoms with Crippen LogP contribution in [0.2, 0.25) is 0 Å². The molecule has 1 aliphatic heterocycles. The van der Waals surface area contributed by atoms with Crippen molar-refractivity contribution < 1.29 is 13.2 Å². The second-order valence-electron chi connectivity index (χ2n) is 9.15. The minimum Gasteiger partial charge on any atom is -0.305 e. The van der Waals surface area contributed by atoms with Crippen molar-refractivity contribution in [3.8, 4) is 0 Å². The largest absolute Gasteiger partial charge is 0.305 e. The maximum absolute atomic E-state index is 14.1. The number of fused-ring (bicyclic) bond motifs is 1. The molecule has 0 aromatic heterocycles. The molecule has 5 nitrogen and oxygen atoms in total. The van der Waals surface area contributed by atoms with Crippen LogP contribution < -0.4 is 9.21 Å². The van der Waals surface area contributed by atoms with Crippen molar-refractivity contribution in [2.24, 2.45) is 0 Å². The van der Waals surface area contributed by atoms with Crippen LogP contribution in [0.25, 0.3) is 0 Å². The predicted octanol–water partition coefficient (Wildman–Crippen LogP) is 6.37. The molecule has 5 rings (SSSR count). The Balaban J connectivity index is 1.65. The molecule has 2 unspecified atom stereocenters. The van der Waals surface area contributed by atoms with Gasteiger partial charge in [-0.2, -0.15) is 0 Å². The van der Waals surface area contributed by atoms with Crippen LogP contribution >= 0.6 is 0 Å². The molecule has 182 valence electrons. The van der Waals surface area contributed by atoms with Gasteiger partial charge in [0.15, 0.2) is 0 Å². The standard InChI is InChI=1S/C30H28N2O3S/c1-22-17-19-26(20-18-22)36(34,35)32(25-13-7-4-8-14-25)29-21-23(2)31(28-16-10-9-15-27(28)29)30(33)24-11-5-3-6-12-24/h3-20,23,29H,21H2,1-2H3. The van der Waals surface area contributed by atoms with E-state index in [1.165, 1.54) is 4.31 Å². The average Bonchev–Trinajstić information content (AvgIpc) is 2.90. The quantitative estimate of drug-likeness (QED) is 0.323. The zero-order valence-electron chi connectivity index (χ0n) is 20.3. The summed E-state index contributed by atoms with van der Waals surface area (Å²) in [6.45, 7) is 3.91. The van der Waals surface area contributed by atoms with Crippen LogP contribution in [0.5, 0.6) is 0 Å². The van der Waals surface area contributed by atoms with Crippen LogP contribution in [-0.2, 0) is 10.0 Å². The lowest BCUT2D eigenvalue weighted by molar-refractivity contribution is 0.0974. The highest BCUT2D eigenvalue weighted by Crippen LogP contribution is 2.44. The van der Waals surface area contributed by atoms with Gasteiger partial charge in [0.25, 0.3) is 15.9 Å². The Labute approximate surface area is 212 Å². The van der Waals surface area contributed by atoms with Crippen molar-refractivity contribution in [2.75, 3.05) is 9.21 Å². The number of carbonyl (C=O) groups excluding carboxylic acids is 1. The smallest absolute Gasteiger partial charge is 0.264 e. The molecule has 2 atom stereocenters. The fraction of sp³-hybridized carbons (Fsp3) is 0.167. The molecule has 0 radical (unpaired) electrons. The Morgan fingerprint density at radius 2 is 1.39 bits per heavy atom. The summed E-state index contributed by atoms with van der Waals surface area (Å²) < 4.78 is 29.8. The van der Waals surface area contributed by atoms with Gasteiger partial charge in [-0.3, -0.25) is 9.10 Å². The second kappa shape index (κ2) is 9.63. The van der Waals surface area contributed by atoms with E-state index in [0.717, 1.165) is 16.8 Å². The van der Waals surface area contributed by atoms with E-state index < -0.39 is 16.1 Å². The summed E-state index contributed by atoms with van der Waals surface area (Å²) >= 11 is 0. The molecule has 6 heteroatoms. The minimum absolute atomic E-state index is 0.0957. The molecule has 4 aromatic rings. The first kappa shape index (κ1) is 23.8. The number of sulfonamides is 1. The molecule has 36 heavy (non-hydrogen) atoms. The highest BCUT2D eigenvalue weighted by atomic mass is 32.2. The maximum Gasteiger partial charge on any atom is 0.264 e. The fourth-order valence-electron chi connectivity index (χ4n) is 4.92. The van der Waals surface area contributed by atoms with E-state index in [4.69, 9.17) is 0 Å². The minimum atomic E-state index is -3.90. The average molecular weight is 497 g/mol. The number of carbonyl (C=O) groups is 1. The predicted molar refractivity (Wildman–Crippen MR) is 144 cm³/mol. The third-order valence-corrected chi connectivity index (χ3v) is 8.52. The van der Waals surface area contributed by atoms with E-state index in [0.29, 0.717) is 17.7 Å². The van der Waals surface area contributed by atoms with Gasteiger partial charge in [-0.25, -0.2) is 8.42 Å². The lowest BCUT2D eigenvalue weighted by Gasteiger charge is -2.43. The van der Waals surface area contributed by atoms with E-state index in [1.807, 2.05) is 111 Å². The molecule has 0 fully saturated rings. The Kier molecular flexibility index (Phi) is 6.37. The Morgan fingerprint density at radius 3 is 2.06 bits per heavy atom. The molecule has 0 aliphatic carbocycles. The molecule has 4 aromatic carbocycles. The molecule has 1 amide bonds. The van der Waals surface area contributed by atoms with E-state index in [-0.39, 0.29) is 16.8 Å². The topological polar surface area (TPSA) is 57.7 Å². The van der Waals surface area contributed by atoms with Crippen LogP contribution in [0, 0.1) is 6.92 Å². The maximum atomic E-state index is 14.1. The third kappa shape index (κ3) is 4.29. The summed E-state index contributed by atoms with van der Waals surface area (Å²) in [4.78, 5) is 15.6. The number of para-hydroxylation sites is 2. The van der Waals surface area contributed by atoms with Crippen LogP contribution in [-0.4, -0.2) is 20.4 Å². The van der Waals surface area contributed by atoms with Crippen LogP contribution in [0.1, 0.15) is 40.9 Å². The van der Waals surface area contributed by atoms with Gasteiger partial charge < -0.3 is 4.90 Å². The zero-order chi connectivity index (χ0) is 25.3. The molecule has 1 heterocycles. The first-order valence-corrected chi connectivity index (χ1v) is 13.5. The zero-order valence-corrected chi connectivity index (χ0v) is 21.1. The summed E-state index contributed by atoms with van der Waals surface area (Å²) in [5.41, 5.74) is 3.72.